The summed E-state index contributed by atoms with van der Waals surface area (Å²) in [6, 6.07) is 17.6. The Morgan fingerprint density at radius 2 is 1.74 bits per heavy atom. The van der Waals surface area contributed by atoms with Crippen molar-refractivity contribution < 1.29 is 18.1 Å². The van der Waals surface area contributed by atoms with Crippen LogP contribution >= 0.6 is 11.6 Å². The molecule has 0 aromatic heterocycles. The predicted molar refractivity (Wildman–Crippen MR) is 119 cm³/mol. The molecular weight excluding hydrogens is 442 g/mol. The summed E-state index contributed by atoms with van der Waals surface area (Å²) in [4.78, 5) is 23.3. The Kier molecular flexibility index (Phi) is 6.57. The second-order valence-corrected chi connectivity index (χ2v) is 8.83. The summed E-state index contributed by atoms with van der Waals surface area (Å²) in [5.41, 5.74) is 0.770. The number of nitro groups is 1. The number of hydrogen-bond acceptors (Lipinski definition) is 5. The number of carbonyl (C=O) groups excluding carboxylic acids is 1. The molecule has 1 N–H and O–H groups in total. The molecule has 3 aromatic carbocycles. The maximum Gasteiger partial charge on any atom is 0.271 e. The highest BCUT2D eigenvalue weighted by Gasteiger charge is 2.28. The largest absolute Gasteiger partial charge is 0.324 e. The van der Waals surface area contributed by atoms with Gasteiger partial charge in [0.25, 0.3) is 15.7 Å². The highest BCUT2D eigenvalue weighted by Crippen LogP contribution is 2.28. The first-order valence-corrected chi connectivity index (χ1v) is 10.9. The van der Waals surface area contributed by atoms with Gasteiger partial charge >= 0.3 is 0 Å². The van der Waals surface area contributed by atoms with E-state index in [9.17, 15) is 23.3 Å². The lowest BCUT2D eigenvalue weighted by Gasteiger charge is -2.24. The fourth-order valence-corrected chi connectivity index (χ4v) is 4.47. The van der Waals surface area contributed by atoms with Gasteiger partial charge in [-0.05, 0) is 42.8 Å². The quantitative estimate of drug-likeness (QED) is 0.416. The minimum absolute atomic E-state index is 0.00369. The molecule has 8 nitrogen and oxygen atoms in total. The van der Waals surface area contributed by atoms with Crippen molar-refractivity contribution in [1.82, 2.24) is 0 Å². The lowest BCUT2D eigenvalue weighted by molar-refractivity contribution is -0.384. The van der Waals surface area contributed by atoms with Crippen LogP contribution in [0.5, 0.6) is 0 Å². The van der Waals surface area contributed by atoms with Gasteiger partial charge in [-0.3, -0.25) is 19.2 Å². The van der Waals surface area contributed by atoms with E-state index in [1.165, 1.54) is 30.3 Å². The first-order valence-electron chi connectivity index (χ1n) is 9.07. The summed E-state index contributed by atoms with van der Waals surface area (Å²) >= 11 is 6.08. The first kappa shape index (κ1) is 22.3. The summed E-state index contributed by atoms with van der Waals surface area (Å²) in [6.45, 7) is 1.13. The van der Waals surface area contributed by atoms with E-state index >= 15 is 0 Å². The molecule has 0 heterocycles. The highest BCUT2D eigenvalue weighted by molar-refractivity contribution is 7.92. The summed E-state index contributed by atoms with van der Waals surface area (Å²) in [5.74, 6) is -0.628. The van der Waals surface area contributed by atoms with Crippen LogP contribution in [0.25, 0.3) is 0 Å². The van der Waals surface area contributed by atoms with Crippen LogP contribution in [-0.4, -0.2) is 25.8 Å². The standard InChI is InChI=1S/C21H18ClN3O5S/c1-15-19(22)11-6-12-20(15)23-21(26)14-24(16-7-5-8-17(13-16)25(27)28)31(29,30)18-9-3-2-4-10-18/h2-13H,14H2,1H3,(H,23,26). The molecule has 10 heteroatoms. The van der Waals surface area contributed by atoms with Crippen LogP contribution in [0.3, 0.4) is 0 Å². The summed E-state index contributed by atoms with van der Waals surface area (Å²) in [6.07, 6.45) is 0. The van der Waals surface area contributed by atoms with E-state index in [4.69, 9.17) is 11.6 Å². The molecule has 0 unspecified atom stereocenters. The second-order valence-electron chi connectivity index (χ2n) is 6.56. The van der Waals surface area contributed by atoms with E-state index in [0.717, 1.165) is 10.4 Å². The van der Waals surface area contributed by atoms with Crippen LogP contribution in [0.2, 0.25) is 5.02 Å². The van der Waals surface area contributed by atoms with Crippen molar-refractivity contribution in [2.45, 2.75) is 11.8 Å². The number of nitro benzene ring substituents is 1. The topological polar surface area (TPSA) is 110 Å². The predicted octanol–water partition coefficient (Wildman–Crippen LogP) is 4.39. The smallest absolute Gasteiger partial charge is 0.271 e. The number of nitrogens with zero attached hydrogens (tertiary/aromatic N) is 2. The van der Waals surface area contributed by atoms with Crippen LogP contribution in [0.4, 0.5) is 17.1 Å². The van der Waals surface area contributed by atoms with E-state index in [2.05, 4.69) is 5.32 Å². The fraction of sp³-hybridized carbons (Fsp3) is 0.0952. The Balaban J connectivity index is 2.00. The van der Waals surface area contributed by atoms with Crippen LogP contribution in [0.15, 0.2) is 77.7 Å². The Labute approximate surface area is 184 Å². The minimum atomic E-state index is -4.18. The van der Waals surface area contributed by atoms with Gasteiger partial charge in [-0.1, -0.05) is 41.9 Å². The monoisotopic (exact) mass is 459 g/mol. The minimum Gasteiger partial charge on any atom is -0.324 e. The number of benzene rings is 3. The van der Waals surface area contributed by atoms with Crippen molar-refractivity contribution in [2.24, 2.45) is 0 Å². The van der Waals surface area contributed by atoms with Gasteiger partial charge in [0.15, 0.2) is 0 Å². The van der Waals surface area contributed by atoms with E-state index in [1.807, 2.05) is 0 Å². The van der Waals surface area contributed by atoms with Gasteiger partial charge in [0.1, 0.15) is 6.54 Å². The fourth-order valence-electron chi connectivity index (χ4n) is 2.86. The summed E-state index contributed by atoms with van der Waals surface area (Å²) in [5, 5.41) is 14.3. The molecule has 0 aliphatic carbocycles. The van der Waals surface area contributed by atoms with Crippen molar-refractivity contribution in [3.63, 3.8) is 0 Å². The van der Waals surface area contributed by atoms with Gasteiger partial charge in [-0.2, -0.15) is 0 Å². The van der Waals surface area contributed by atoms with E-state index < -0.39 is 27.4 Å². The Hall–Kier alpha value is -3.43. The van der Waals surface area contributed by atoms with Gasteiger partial charge in [0.2, 0.25) is 5.91 Å². The van der Waals surface area contributed by atoms with Crippen molar-refractivity contribution in [2.75, 3.05) is 16.2 Å². The summed E-state index contributed by atoms with van der Waals surface area (Å²) < 4.78 is 27.4. The van der Waals surface area contributed by atoms with E-state index in [-0.39, 0.29) is 16.3 Å². The molecule has 1 amide bonds. The number of non-ortho nitro benzene ring substituents is 1. The molecule has 0 saturated heterocycles. The average molecular weight is 460 g/mol. The Bertz CT molecular complexity index is 1230. The van der Waals surface area contributed by atoms with Gasteiger partial charge in [0, 0.05) is 22.8 Å². The number of halogens is 1. The van der Waals surface area contributed by atoms with E-state index in [1.54, 1.807) is 43.3 Å². The molecule has 0 aliphatic rings. The average Bonchev–Trinajstić information content (AvgIpc) is 2.76. The molecule has 3 aromatic rings. The maximum atomic E-state index is 13.3. The number of rotatable bonds is 7. The van der Waals surface area contributed by atoms with Crippen LogP contribution in [0, 0.1) is 17.0 Å². The van der Waals surface area contributed by atoms with E-state index in [0.29, 0.717) is 16.3 Å². The molecule has 31 heavy (non-hydrogen) atoms. The highest BCUT2D eigenvalue weighted by atomic mass is 35.5. The van der Waals surface area contributed by atoms with Crippen molar-refractivity contribution in [3.8, 4) is 0 Å². The molecular formula is C21H18ClN3O5S. The zero-order valence-electron chi connectivity index (χ0n) is 16.4. The number of amides is 1. The van der Waals surface area contributed by atoms with Gasteiger partial charge < -0.3 is 5.32 Å². The lowest BCUT2D eigenvalue weighted by Crippen LogP contribution is -2.38. The molecule has 0 atom stereocenters. The molecule has 0 spiro atoms. The molecule has 0 fully saturated rings. The normalized spacial score (nSPS) is 11.0. The van der Waals surface area contributed by atoms with Crippen molar-refractivity contribution >= 4 is 44.6 Å². The van der Waals surface area contributed by atoms with Gasteiger partial charge in [0.05, 0.1) is 15.5 Å². The molecule has 160 valence electrons. The van der Waals surface area contributed by atoms with Crippen LogP contribution in [0.1, 0.15) is 5.56 Å². The third-order valence-electron chi connectivity index (χ3n) is 4.49. The Morgan fingerprint density at radius 3 is 2.42 bits per heavy atom. The van der Waals surface area contributed by atoms with Gasteiger partial charge in [-0.25, -0.2) is 8.42 Å². The summed E-state index contributed by atoms with van der Waals surface area (Å²) in [7, 11) is -4.18. The van der Waals surface area contributed by atoms with Crippen LogP contribution in [-0.2, 0) is 14.8 Å². The maximum absolute atomic E-state index is 13.3. The Morgan fingerprint density at radius 1 is 1.06 bits per heavy atom. The van der Waals surface area contributed by atoms with Crippen molar-refractivity contribution in [3.05, 3.63) is 93.5 Å². The second kappa shape index (κ2) is 9.15. The van der Waals surface area contributed by atoms with Gasteiger partial charge in [-0.15, -0.1) is 0 Å². The first-order chi connectivity index (χ1) is 14.7. The van der Waals surface area contributed by atoms with Crippen molar-refractivity contribution in [1.29, 1.82) is 0 Å². The molecule has 0 saturated carbocycles. The lowest BCUT2D eigenvalue weighted by atomic mass is 10.2. The molecule has 0 bridgehead atoms. The number of carbonyl (C=O) groups is 1. The number of anilines is 2. The number of nitrogens with one attached hydrogen (secondary N) is 1. The zero-order chi connectivity index (χ0) is 22.6. The third kappa shape index (κ3) is 5.01. The molecule has 3 rings (SSSR count). The van der Waals surface area contributed by atoms with Crippen LogP contribution < -0.4 is 9.62 Å². The SMILES string of the molecule is Cc1c(Cl)cccc1NC(=O)CN(c1cccc([N+](=O)[O-])c1)S(=O)(=O)c1ccccc1. The third-order valence-corrected chi connectivity index (χ3v) is 6.69. The number of hydrogen-bond donors (Lipinski definition) is 1. The number of sulfonamides is 1. The molecule has 0 radical (unpaired) electrons. The zero-order valence-corrected chi connectivity index (χ0v) is 17.9. The molecule has 0 aliphatic heterocycles.